The number of hydrogen-bond donors (Lipinski definition) is 0. The topological polar surface area (TPSA) is 29.5 Å². The van der Waals surface area contributed by atoms with Crippen molar-refractivity contribution in [3.05, 3.63) is 34.3 Å². The highest BCUT2D eigenvalue weighted by Gasteiger charge is 2.31. The molecule has 1 aromatic carbocycles. The normalized spacial score (nSPS) is 18.0. The van der Waals surface area contributed by atoms with E-state index in [2.05, 4.69) is 20.8 Å². The number of halogens is 1. The molecule has 1 aromatic rings. The molecule has 0 radical (unpaired) electrons. The quantitative estimate of drug-likeness (QED) is 0.793. The third-order valence-electron chi connectivity index (χ3n) is 3.47. The van der Waals surface area contributed by atoms with E-state index in [-0.39, 0.29) is 12.0 Å². The molecule has 4 heteroatoms. The zero-order valence-electron chi connectivity index (χ0n) is 11.3. The van der Waals surface area contributed by atoms with Crippen molar-refractivity contribution >= 4 is 21.9 Å². The van der Waals surface area contributed by atoms with Crippen molar-refractivity contribution in [2.45, 2.75) is 32.2 Å². The molecule has 1 heterocycles. The highest BCUT2D eigenvalue weighted by atomic mass is 79.9. The molecule has 2 rings (SSSR count). The summed E-state index contributed by atoms with van der Waals surface area (Å²) >= 11 is 3.55. The zero-order chi connectivity index (χ0) is 13.7. The molecule has 0 N–H and O–H groups in total. The minimum atomic E-state index is -0.282. The van der Waals surface area contributed by atoms with Gasteiger partial charge in [0.05, 0.1) is 6.61 Å². The number of likely N-dealkylation sites (tertiary alicyclic amines) is 1. The Morgan fingerprint density at radius 1 is 1.32 bits per heavy atom. The Morgan fingerprint density at radius 2 is 2.00 bits per heavy atom. The Balaban J connectivity index is 2.28. The van der Waals surface area contributed by atoms with Crippen LogP contribution < -0.4 is 0 Å². The molecule has 1 aliphatic heterocycles. The van der Waals surface area contributed by atoms with E-state index in [4.69, 9.17) is 4.74 Å². The van der Waals surface area contributed by atoms with E-state index in [1.54, 1.807) is 0 Å². The van der Waals surface area contributed by atoms with Gasteiger partial charge in [-0.1, -0.05) is 40.5 Å². The van der Waals surface area contributed by atoms with Gasteiger partial charge < -0.3 is 4.74 Å². The number of esters is 1. The maximum atomic E-state index is 12.3. The van der Waals surface area contributed by atoms with Gasteiger partial charge in [0.15, 0.2) is 0 Å². The Morgan fingerprint density at radius 3 is 2.63 bits per heavy atom. The molecule has 0 amide bonds. The Hall–Kier alpha value is -0.870. The second kappa shape index (κ2) is 7.06. The van der Waals surface area contributed by atoms with Crippen LogP contribution in [0, 0.1) is 0 Å². The number of rotatable bonds is 4. The van der Waals surface area contributed by atoms with Crippen LogP contribution in [-0.2, 0) is 9.53 Å². The minimum Gasteiger partial charge on any atom is -0.465 e. The monoisotopic (exact) mass is 325 g/mol. The standard InChI is InChI=1S/C15H20BrNO2/c1-2-19-15(18)14(17-10-6-3-7-11-17)12-8-4-5-9-13(12)16/h4-5,8-9,14H,2-3,6-7,10-11H2,1H3/t14-/m1/s1. The average molecular weight is 326 g/mol. The predicted octanol–water partition coefficient (Wildman–Crippen LogP) is 3.54. The van der Waals surface area contributed by atoms with Crippen LogP contribution in [0.4, 0.5) is 0 Å². The molecule has 19 heavy (non-hydrogen) atoms. The van der Waals surface area contributed by atoms with Gasteiger partial charge in [0.1, 0.15) is 6.04 Å². The van der Waals surface area contributed by atoms with Crippen molar-refractivity contribution < 1.29 is 9.53 Å². The van der Waals surface area contributed by atoms with Gasteiger partial charge in [0, 0.05) is 4.47 Å². The lowest BCUT2D eigenvalue weighted by atomic mass is 10.0. The lowest BCUT2D eigenvalue weighted by Crippen LogP contribution is -2.39. The van der Waals surface area contributed by atoms with Crippen molar-refractivity contribution in [2.75, 3.05) is 19.7 Å². The summed E-state index contributed by atoms with van der Waals surface area (Å²) in [4.78, 5) is 14.5. The van der Waals surface area contributed by atoms with E-state index in [0.717, 1.165) is 36.0 Å². The third-order valence-corrected chi connectivity index (χ3v) is 4.19. The van der Waals surface area contributed by atoms with Crippen LogP contribution >= 0.6 is 15.9 Å². The Bertz CT molecular complexity index is 430. The van der Waals surface area contributed by atoms with Crippen LogP contribution in [-0.4, -0.2) is 30.6 Å². The van der Waals surface area contributed by atoms with Gasteiger partial charge in [-0.2, -0.15) is 0 Å². The zero-order valence-corrected chi connectivity index (χ0v) is 12.9. The smallest absolute Gasteiger partial charge is 0.328 e. The lowest BCUT2D eigenvalue weighted by molar-refractivity contribution is -0.150. The number of nitrogens with zero attached hydrogens (tertiary/aromatic N) is 1. The number of benzene rings is 1. The van der Waals surface area contributed by atoms with Crippen molar-refractivity contribution in [1.82, 2.24) is 4.90 Å². The van der Waals surface area contributed by atoms with Gasteiger partial charge in [0.25, 0.3) is 0 Å². The molecule has 3 nitrogen and oxygen atoms in total. The van der Waals surface area contributed by atoms with E-state index in [1.165, 1.54) is 6.42 Å². The summed E-state index contributed by atoms with van der Waals surface area (Å²) in [5.74, 6) is -0.142. The second-order valence-electron chi connectivity index (χ2n) is 4.77. The minimum absolute atomic E-state index is 0.142. The SMILES string of the molecule is CCOC(=O)[C@@H](c1ccccc1Br)N1CCCCC1. The van der Waals surface area contributed by atoms with Gasteiger partial charge in [-0.25, -0.2) is 4.79 Å². The predicted molar refractivity (Wildman–Crippen MR) is 78.9 cm³/mol. The number of piperidine rings is 1. The lowest BCUT2D eigenvalue weighted by Gasteiger charge is -2.33. The van der Waals surface area contributed by atoms with Crippen LogP contribution in [0.15, 0.2) is 28.7 Å². The first-order chi connectivity index (χ1) is 9.24. The Labute approximate surface area is 123 Å². The molecular formula is C15H20BrNO2. The summed E-state index contributed by atoms with van der Waals surface area (Å²) in [5, 5.41) is 0. The van der Waals surface area contributed by atoms with Crippen molar-refractivity contribution in [1.29, 1.82) is 0 Å². The van der Waals surface area contributed by atoms with Crippen molar-refractivity contribution in [2.24, 2.45) is 0 Å². The summed E-state index contributed by atoms with van der Waals surface area (Å²) in [7, 11) is 0. The fourth-order valence-electron chi connectivity index (χ4n) is 2.57. The molecule has 1 fully saturated rings. The van der Waals surface area contributed by atoms with Crippen LogP contribution in [0.5, 0.6) is 0 Å². The molecule has 104 valence electrons. The average Bonchev–Trinajstić information content (AvgIpc) is 2.43. The van der Waals surface area contributed by atoms with Gasteiger partial charge in [-0.15, -0.1) is 0 Å². The number of hydrogen-bond acceptors (Lipinski definition) is 3. The maximum Gasteiger partial charge on any atom is 0.328 e. The van der Waals surface area contributed by atoms with E-state index in [1.807, 2.05) is 31.2 Å². The van der Waals surface area contributed by atoms with Gasteiger partial charge in [-0.3, -0.25) is 4.90 Å². The number of ether oxygens (including phenoxy) is 1. The van der Waals surface area contributed by atoms with E-state index < -0.39 is 0 Å². The first kappa shape index (κ1) is 14.5. The van der Waals surface area contributed by atoms with E-state index in [9.17, 15) is 4.79 Å². The summed E-state index contributed by atoms with van der Waals surface area (Å²) in [6.07, 6.45) is 3.56. The van der Waals surface area contributed by atoms with Gasteiger partial charge in [0.2, 0.25) is 0 Å². The molecule has 0 aliphatic carbocycles. The van der Waals surface area contributed by atoms with Crippen molar-refractivity contribution in [3.63, 3.8) is 0 Å². The van der Waals surface area contributed by atoms with Gasteiger partial charge >= 0.3 is 5.97 Å². The molecule has 0 bridgehead atoms. The summed E-state index contributed by atoms with van der Waals surface area (Å²) < 4.78 is 6.24. The highest BCUT2D eigenvalue weighted by molar-refractivity contribution is 9.10. The largest absolute Gasteiger partial charge is 0.465 e. The third kappa shape index (κ3) is 3.57. The summed E-state index contributed by atoms with van der Waals surface area (Å²) in [5.41, 5.74) is 1.00. The molecule has 0 unspecified atom stereocenters. The summed E-state index contributed by atoms with van der Waals surface area (Å²) in [6.45, 7) is 4.20. The first-order valence-corrected chi connectivity index (χ1v) is 7.68. The fourth-order valence-corrected chi connectivity index (χ4v) is 3.07. The van der Waals surface area contributed by atoms with Crippen LogP contribution in [0.25, 0.3) is 0 Å². The van der Waals surface area contributed by atoms with E-state index in [0.29, 0.717) is 6.61 Å². The second-order valence-corrected chi connectivity index (χ2v) is 5.63. The molecule has 1 atom stereocenters. The number of carbonyl (C=O) groups is 1. The molecule has 0 aromatic heterocycles. The molecule has 1 saturated heterocycles. The summed E-state index contributed by atoms with van der Waals surface area (Å²) in [6, 6.07) is 7.63. The van der Waals surface area contributed by atoms with Crippen molar-refractivity contribution in [3.8, 4) is 0 Å². The Kier molecular flexibility index (Phi) is 5.40. The van der Waals surface area contributed by atoms with Crippen LogP contribution in [0.1, 0.15) is 37.8 Å². The molecular weight excluding hydrogens is 306 g/mol. The van der Waals surface area contributed by atoms with Crippen LogP contribution in [0.3, 0.4) is 0 Å². The highest BCUT2D eigenvalue weighted by Crippen LogP contribution is 2.31. The first-order valence-electron chi connectivity index (χ1n) is 6.89. The molecule has 0 saturated carbocycles. The molecule has 1 aliphatic rings. The van der Waals surface area contributed by atoms with Crippen LogP contribution in [0.2, 0.25) is 0 Å². The maximum absolute atomic E-state index is 12.3. The number of carbonyl (C=O) groups excluding carboxylic acids is 1. The van der Waals surface area contributed by atoms with Gasteiger partial charge in [-0.05, 0) is 44.5 Å². The van der Waals surface area contributed by atoms with E-state index >= 15 is 0 Å². The fraction of sp³-hybridized carbons (Fsp3) is 0.533. The molecule has 0 spiro atoms.